The minimum absolute atomic E-state index is 0.0653. The van der Waals surface area contributed by atoms with Gasteiger partial charge >= 0.3 is 5.97 Å². The maximum absolute atomic E-state index is 12.0. The summed E-state index contributed by atoms with van der Waals surface area (Å²) in [7, 11) is 2.66. The van der Waals surface area contributed by atoms with Crippen LogP contribution in [0.25, 0.3) is 0 Å². The molecule has 0 bridgehead atoms. The molecule has 3 rings (SSSR count). The smallest absolute Gasteiger partial charge is 0.360 e. The van der Waals surface area contributed by atoms with Crippen molar-refractivity contribution in [2.24, 2.45) is 16.2 Å². The first-order chi connectivity index (χ1) is 14.5. The number of ether oxygens (including phenoxy) is 1. The van der Waals surface area contributed by atoms with Crippen LogP contribution in [0.3, 0.4) is 0 Å². The minimum atomic E-state index is -0.596. The van der Waals surface area contributed by atoms with Gasteiger partial charge in [0.25, 0.3) is 0 Å². The Morgan fingerprint density at radius 3 is 2.43 bits per heavy atom. The van der Waals surface area contributed by atoms with Crippen molar-refractivity contribution < 1.29 is 19.2 Å². The third-order valence-corrected chi connectivity index (χ3v) is 5.62. The summed E-state index contributed by atoms with van der Waals surface area (Å²) in [5.74, 6) is -0.120. The average molecular weight is 449 g/mol. The normalized spacial score (nSPS) is 18.7. The van der Waals surface area contributed by atoms with Crippen LogP contribution in [0.15, 0.2) is 52.8 Å². The first-order valence-electron chi connectivity index (χ1n) is 9.36. The van der Waals surface area contributed by atoms with E-state index in [4.69, 9.17) is 37.6 Å². The molecule has 2 atom stereocenters. The lowest BCUT2D eigenvalue weighted by atomic mass is 10.0. The molecule has 0 spiro atoms. The van der Waals surface area contributed by atoms with Crippen LogP contribution in [-0.4, -0.2) is 31.6 Å². The second-order valence-corrected chi connectivity index (χ2v) is 7.68. The highest BCUT2D eigenvalue weighted by molar-refractivity contribution is 6.43. The highest BCUT2D eigenvalue weighted by Crippen LogP contribution is 2.52. The number of oxime groups is 2. The van der Waals surface area contributed by atoms with E-state index in [1.807, 2.05) is 37.3 Å². The number of nitrogens with zero attached hydrogens (tertiary/aromatic N) is 2. The number of methoxy groups -OCH3 is 1. The number of esters is 1. The van der Waals surface area contributed by atoms with Gasteiger partial charge < -0.3 is 14.4 Å². The molecular weight excluding hydrogens is 427 g/mol. The SMILES string of the molecule is CO/N=C(/C(=O)OC)c1ccccc1CO/N=C(\C)[C@@H]1C[C@H]1c1c(Cl)cccc1Cl. The summed E-state index contributed by atoms with van der Waals surface area (Å²) >= 11 is 12.6. The van der Waals surface area contributed by atoms with E-state index in [9.17, 15) is 4.79 Å². The summed E-state index contributed by atoms with van der Waals surface area (Å²) in [6.07, 6.45) is 0.922. The molecule has 1 fully saturated rings. The molecule has 1 aliphatic carbocycles. The summed E-state index contributed by atoms with van der Waals surface area (Å²) in [6, 6.07) is 12.7. The number of carbonyl (C=O) groups is 1. The lowest BCUT2D eigenvalue weighted by Gasteiger charge is -2.10. The van der Waals surface area contributed by atoms with Crippen molar-refractivity contribution in [1.29, 1.82) is 0 Å². The number of hydrogen-bond donors (Lipinski definition) is 0. The maximum atomic E-state index is 12.0. The molecule has 0 aromatic heterocycles. The summed E-state index contributed by atoms with van der Waals surface area (Å²) in [6.45, 7) is 2.09. The molecule has 0 aliphatic heterocycles. The number of rotatable bonds is 8. The number of halogens is 2. The predicted octanol–water partition coefficient (Wildman–Crippen LogP) is 5.21. The van der Waals surface area contributed by atoms with E-state index in [0.717, 1.165) is 23.3 Å². The molecule has 158 valence electrons. The van der Waals surface area contributed by atoms with Crippen LogP contribution < -0.4 is 0 Å². The molecule has 0 heterocycles. The maximum Gasteiger partial charge on any atom is 0.360 e. The fourth-order valence-electron chi connectivity index (χ4n) is 3.37. The van der Waals surface area contributed by atoms with Crippen LogP contribution in [0.2, 0.25) is 10.0 Å². The average Bonchev–Trinajstić information content (AvgIpc) is 3.52. The second-order valence-electron chi connectivity index (χ2n) is 6.86. The van der Waals surface area contributed by atoms with Crippen molar-refractivity contribution >= 4 is 40.6 Å². The van der Waals surface area contributed by atoms with Crippen molar-refractivity contribution in [3.63, 3.8) is 0 Å². The molecule has 0 unspecified atom stereocenters. The fourth-order valence-corrected chi connectivity index (χ4v) is 4.05. The summed E-state index contributed by atoms with van der Waals surface area (Å²) in [5, 5.41) is 9.41. The fraction of sp³-hybridized carbons (Fsp3) is 0.318. The van der Waals surface area contributed by atoms with Crippen molar-refractivity contribution in [2.75, 3.05) is 14.2 Å². The molecular formula is C22H22Cl2N2O4. The molecule has 0 amide bonds. The highest BCUT2D eigenvalue weighted by Gasteiger charge is 2.43. The molecule has 1 saturated carbocycles. The van der Waals surface area contributed by atoms with E-state index in [2.05, 4.69) is 10.3 Å². The van der Waals surface area contributed by atoms with Crippen LogP contribution in [0.5, 0.6) is 0 Å². The molecule has 1 aliphatic rings. The van der Waals surface area contributed by atoms with E-state index in [0.29, 0.717) is 15.6 Å². The van der Waals surface area contributed by atoms with Gasteiger partial charge in [0.15, 0.2) is 5.71 Å². The summed E-state index contributed by atoms with van der Waals surface area (Å²) in [4.78, 5) is 22.4. The van der Waals surface area contributed by atoms with Gasteiger partial charge in [0.05, 0.1) is 12.8 Å². The minimum Gasteiger partial charge on any atom is -0.464 e. The van der Waals surface area contributed by atoms with E-state index >= 15 is 0 Å². The standard InChI is InChI=1S/C22H22Cl2N2O4/c1-13(16-11-17(16)20-18(23)9-6-10-19(20)24)25-30-12-14-7-4-5-8-15(14)21(26-29-3)22(27)28-2/h4-10,16-17H,11-12H2,1-3H3/b25-13+,26-21+/t16-,17+/m0/s1. The Morgan fingerprint density at radius 2 is 1.77 bits per heavy atom. The summed E-state index contributed by atoms with van der Waals surface area (Å²) in [5.41, 5.74) is 3.19. The van der Waals surface area contributed by atoms with E-state index in [1.165, 1.54) is 14.2 Å². The second kappa shape index (κ2) is 9.96. The van der Waals surface area contributed by atoms with Gasteiger partial charge in [-0.2, -0.15) is 0 Å². The molecule has 8 heteroatoms. The molecule has 0 radical (unpaired) electrons. The van der Waals surface area contributed by atoms with E-state index in [1.54, 1.807) is 12.1 Å². The Morgan fingerprint density at radius 1 is 1.07 bits per heavy atom. The first-order valence-corrected chi connectivity index (χ1v) is 10.1. The number of benzene rings is 2. The molecule has 6 nitrogen and oxygen atoms in total. The van der Waals surface area contributed by atoms with Crippen LogP contribution >= 0.6 is 23.2 Å². The zero-order chi connectivity index (χ0) is 21.7. The third-order valence-electron chi connectivity index (χ3n) is 4.96. The third kappa shape index (κ3) is 4.94. The van der Waals surface area contributed by atoms with Crippen molar-refractivity contribution in [2.45, 2.75) is 25.9 Å². The molecule has 30 heavy (non-hydrogen) atoms. The number of hydrogen-bond acceptors (Lipinski definition) is 6. The van der Waals surface area contributed by atoms with E-state index < -0.39 is 5.97 Å². The van der Waals surface area contributed by atoms with Gasteiger partial charge in [-0.25, -0.2) is 4.79 Å². The van der Waals surface area contributed by atoms with Crippen LogP contribution in [0.1, 0.15) is 36.0 Å². The van der Waals surface area contributed by atoms with Gasteiger partial charge in [0, 0.05) is 27.1 Å². The largest absolute Gasteiger partial charge is 0.464 e. The Bertz CT molecular complexity index is 971. The van der Waals surface area contributed by atoms with Crippen molar-refractivity contribution in [3.05, 3.63) is 69.2 Å². The lowest BCUT2D eigenvalue weighted by Crippen LogP contribution is -2.19. The van der Waals surface area contributed by atoms with E-state index in [-0.39, 0.29) is 24.2 Å². The van der Waals surface area contributed by atoms with Crippen molar-refractivity contribution in [3.8, 4) is 0 Å². The zero-order valence-electron chi connectivity index (χ0n) is 16.9. The molecule has 2 aromatic rings. The predicted molar refractivity (Wildman–Crippen MR) is 117 cm³/mol. The van der Waals surface area contributed by atoms with Gasteiger partial charge in [0.1, 0.15) is 13.7 Å². The van der Waals surface area contributed by atoms with Crippen LogP contribution in [-0.2, 0) is 25.8 Å². The zero-order valence-corrected chi connectivity index (χ0v) is 18.4. The topological polar surface area (TPSA) is 69.5 Å². The van der Waals surface area contributed by atoms with Gasteiger partial charge in [-0.1, -0.05) is 63.8 Å². The summed E-state index contributed by atoms with van der Waals surface area (Å²) < 4.78 is 4.79. The molecule has 0 N–H and O–H groups in total. The highest BCUT2D eigenvalue weighted by atomic mass is 35.5. The Balaban J connectivity index is 1.69. The quantitative estimate of drug-likeness (QED) is 0.315. The van der Waals surface area contributed by atoms with Crippen LogP contribution in [0.4, 0.5) is 0 Å². The number of carbonyl (C=O) groups excluding carboxylic acids is 1. The lowest BCUT2D eigenvalue weighted by molar-refractivity contribution is -0.132. The Hall–Kier alpha value is -2.57. The van der Waals surface area contributed by atoms with Gasteiger partial charge in [-0.05, 0) is 37.0 Å². The van der Waals surface area contributed by atoms with Gasteiger partial charge in [0.2, 0.25) is 0 Å². The van der Waals surface area contributed by atoms with Gasteiger partial charge in [-0.15, -0.1) is 0 Å². The Labute approximate surface area is 185 Å². The molecule has 2 aromatic carbocycles. The first kappa shape index (κ1) is 22.1. The molecule has 0 saturated heterocycles. The monoisotopic (exact) mass is 448 g/mol. The van der Waals surface area contributed by atoms with Crippen LogP contribution in [0, 0.1) is 5.92 Å². The van der Waals surface area contributed by atoms with Gasteiger partial charge in [-0.3, -0.25) is 0 Å². The van der Waals surface area contributed by atoms with Crippen molar-refractivity contribution in [1.82, 2.24) is 0 Å². The Kier molecular flexibility index (Phi) is 7.34.